The molecule has 0 spiro atoms. The molecule has 0 N–H and O–H groups in total. The first kappa shape index (κ1) is 17.8. The number of hydrogen-bond donors (Lipinski definition) is 0. The van der Waals surface area contributed by atoms with Gasteiger partial charge in [0.25, 0.3) is 5.91 Å². The van der Waals surface area contributed by atoms with Gasteiger partial charge in [0, 0.05) is 31.2 Å². The predicted molar refractivity (Wildman–Crippen MR) is 92.7 cm³/mol. The van der Waals surface area contributed by atoms with E-state index in [1.807, 2.05) is 12.1 Å². The number of aromatic nitrogens is 2. The van der Waals surface area contributed by atoms with Crippen molar-refractivity contribution in [3.8, 4) is 23.3 Å². The fraction of sp³-hybridized carbons (Fsp3) is 0.389. The van der Waals surface area contributed by atoms with E-state index < -0.39 is 0 Å². The summed E-state index contributed by atoms with van der Waals surface area (Å²) in [6.45, 7) is 1.09. The van der Waals surface area contributed by atoms with E-state index >= 15 is 0 Å². The van der Waals surface area contributed by atoms with Crippen molar-refractivity contribution in [2.24, 2.45) is 0 Å². The summed E-state index contributed by atoms with van der Waals surface area (Å²) < 4.78 is 21.4. The Hall–Kier alpha value is -3.03. The maximum atomic E-state index is 12.3. The highest BCUT2D eigenvalue weighted by Gasteiger charge is 2.28. The first-order chi connectivity index (χ1) is 12.7. The average Bonchev–Trinajstić information content (AvgIpc) is 3.15. The molecular formula is C18H21N3O5. The quantitative estimate of drug-likeness (QED) is 0.742. The van der Waals surface area contributed by atoms with Crippen LogP contribution in [0.4, 0.5) is 0 Å². The summed E-state index contributed by atoms with van der Waals surface area (Å²) in [5.41, 5.74) is 0. The van der Waals surface area contributed by atoms with Gasteiger partial charge < -0.3 is 23.8 Å². The minimum Gasteiger partial charge on any atom is -0.497 e. The van der Waals surface area contributed by atoms with Crippen LogP contribution in [0, 0.1) is 0 Å². The van der Waals surface area contributed by atoms with Gasteiger partial charge in [-0.15, -0.1) is 10.2 Å². The van der Waals surface area contributed by atoms with Gasteiger partial charge in [0.05, 0.1) is 20.8 Å². The minimum atomic E-state index is -0.113. The zero-order chi connectivity index (χ0) is 18.4. The molecule has 1 fully saturated rings. The standard InChI is InChI=1S/C18H21N3O5/c1-23-13-4-3-5-14(10-13)25-12-18(22)21-9-8-15(11-21)26-17-7-6-16(24-2)19-20-17/h3-7,10,15H,8-9,11-12H2,1-2H3. The molecule has 1 aliphatic heterocycles. The number of rotatable bonds is 7. The van der Waals surface area contributed by atoms with Crippen molar-refractivity contribution in [1.29, 1.82) is 0 Å². The maximum Gasteiger partial charge on any atom is 0.260 e. The van der Waals surface area contributed by atoms with Gasteiger partial charge in [0.2, 0.25) is 11.8 Å². The van der Waals surface area contributed by atoms with Crippen LogP contribution in [0.15, 0.2) is 36.4 Å². The van der Waals surface area contributed by atoms with E-state index in [2.05, 4.69) is 10.2 Å². The lowest BCUT2D eigenvalue weighted by atomic mass is 10.3. The number of methoxy groups -OCH3 is 2. The summed E-state index contributed by atoms with van der Waals surface area (Å²) in [5, 5.41) is 7.80. The number of hydrogen-bond acceptors (Lipinski definition) is 7. The van der Waals surface area contributed by atoms with E-state index in [0.717, 1.165) is 6.42 Å². The zero-order valence-electron chi connectivity index (χ0n) is 14.8. The lowest BCUT2D eigenvalue weighted by Gasteiger charge is -2.17. The van der Waals surface area contributed by atoms with Crippen molar-refractivity contribution in [3.05, 3.63) is 36.4 Å². The summed E-state index contributed by atoms with van der Waals surface area (Å²) in [6, 6.07) is 10.5. The molecule has 1 saturated heterocycles. The molecule has 26 heavy (non-hydrogen) atoms. The Morgan fingerprint density at radius 1 is 1.12 bits per heavy atom. The van der Waals surface area contributed by atoms with Crippen LogP contribution in [0.25, 0.3) is 0 Å². The second-order valence-corrected chi connectivity index (χ2v) is 5.75. The van der Waals surface area contributed by atoms with Gasteiger partial charge in [-0.2, -0.15) is 0 Å². The molecular weight excluding hydrogens is 338 g/mol. The lowest BCUT2D eigenvalue weighted by molar-refractivity contribution is -0.132. The Morgan fingerprint density at radius 3 is 2.62 bits per heavy atom. The van der Waals surface area contributed by atoms with Gasteiger partial charge in [-0.05, 0) is 12.1 Å². The van der Waals surface area contributed by atoms with Crippen molar-refractivity contribution in [3.63, 3.8) is 0 Å². The Labute approximate surface area is 151 Å². The number of amides is 1. The second kappa shape index (κ2) is 8.37. The van der Waals surface area contributed by atoms with Crippen molar-refractivity contribution in [2.75, 3.05) is 33.9 Å². The Kier molecular flexibility index (Phi) is 5.73. The summed E-state index contributed by atoms with van der Waals surface area (Å²) in [7, 11) is 3.11. The van der Waals surface area contributed by atoms with Crippen LogP contribution >= 0.6 is 0 Å². The Balaban J connectivity index is 1.47. The summed E-state index contributed by atoms with van der Waals surface area (Å²) >= 11 is 0. The van der Waals surface area contributed by atoms with Gasteiger partial charge in [-0.1, -0.05) is 6.07 Å². The molecule has 2 heterocycles. The third-order valence-electron chi connectivity index (χ3n) is 4.01. The Morgan fingerprint density at radius 2 is 1.88 bits per heavy atom. The molecule has 1 aliphatic rings. The van der Waals surface area contributed by atoms with Gasteiger partial charge in [0.1, 0.15) is 17.6 Å². The normalized spacial score (nSPS) is 16.2. The molecule has 0 saturated carbocycles. The average molecular weight is 359 g/mol. The van der Waals surface area contributed by atoms with E-state index in [1.54, 1.807) is 36.3 Å². The van der Waals surface area contributed by atoms with E-state index in [4.69, 9.17) is 18.9 Å². The zero-order valence-corrected chi connectivity index (χ0v) is 14.8. The van der Waals surface area contributed by atoms with Crippen LogP contribution in [-0.4, -0.2) is 61.0 Å². The van der Waals surface area contributed by atoms with E-state index in [-0.39, 0.29) is 18.6 Å². The lowest BCUT2D eigenvalue weighted by Crippen LogP contribution is -2.34. The van der Waals surface area contributed by atoms with Crippen molar-refractivity contribution in [2.45, 2.75) is 12.5 Å². The van der Waals surface area contributed by atoms with Crippen LogP contribution in [0.5, 0.6) is 23.3 Å². The minimum absolute atomic E-state index is 0.0256. The van der Waals surface area contributed by atoms with Gasteiger partial charge in [-0.3, -0.25) is 4.79 Å². The number of benzene rings is 1. The smallest absolute Gasteiger partial charge is 0.260 e. The molecule has 0 bridgehead atoms. The molecule has 1 aromatic heterocycles. The third-order valence-corrected chi connectivity index (χ3v) is 4.01. The van der Waals surface area contributed by atoms with E-state index in [0.29, 0.717) is 36.3 Å². The first-order valence-electron chi connectivity index (χ1n) is 8.27. The van der Waals surface area contributed by atoms with Crippen LogP contribution < -0.4 is 18.9 Å². The largest absolute Gasteiger partial charge is 0.497 e. The topological polar surface area (TPSA) is 83.0 Å². The highest BCUT2D eigenvalue weighted by Crippen LogP contribution is 2.20. The first-order valence-corrected chi connectivity index (χ1v) is 8.27. The van der Waals surface area contributed by atoms with Crippen LogP contribution in [0.1, 0.15) is 6.42 Å². The number of nitrogens with zero attached hydrogens (tertiary/aromatic N) is 3. The molecule has 1 amide bonds. The second-order valence-electron chi connectivity index (χ2n) is 5.75. The SMILES string of the molecule is COc1cccc(OCC(=O)N2CCC(Oc3ccc(OC)nn3)C2)c1. The number of ether oxygens (including phenoxy) is 4. The van der Waals surface area contributed by atoms with Gasteiger partial charge in [0.15, 0.2) is 6.61 Å². The van der Waals surface area contributed by atoms with Gasteiger partial charge in [-0.25, -0.2) is 0 Å². The third kappa shape index (κ3) is 4.53. The highest BCUT2D eigenvalue weighted by atomic mass is 16.5. The molecule has 8 heteroatoms. The highest BCUT2D eigenvalue weighted by molar-refractivity contribution is 5.78. The number of carbonyl (C=O) groups excluding carboxylic acids is 1. The van der Waals surface area contributed by atoms with Gasteiger partial charge >= 0.3 is 0 Å². The fourth-order valence-corrected chi connectivity index (χ4v) is 2.63. The predicted octanol–water partition coefficient (Wildman–Crippen LogP) is 1.55. The maximum absolute atomic E-state index is 12.3. The molecule has 1 atom stereocenters. The van der Waals surface area contributed by atoms with Crippen LogP contribution in [0.3, 0.4) is 0 Å². The number of likely N-dealkylation sites (tertiary alicyclic amines) is 1. The monoisotopic (exact) mass is 359 g/mol. The molecule has 138 valence electrons. The number of carbonyl (C=O) groups is 1. The van der Waals surface area contributed by atoms with Crippen molar-refractivity contribution in [1.82, 2.24) is 15.1 Å². The summed E-state index contributed by atoms with van der Waals surface area (Å²) in [4.78, 5) is 14.0. The van der Waals surface area contributed by atoms with Crippen molar-refractivity contribution >= 4 is 5.91 Å². The molecule has 2 aromatic rings. The molecule has 8 nitrogen and oxygen atoms in total. The molecule has 0 aliphatic carbocycles. The van der Waals surface area contributed by atoms with E-state index in [9.17, 15) is 4.79 Å². The van der Waals surface area contributed by atoms with Crippen molar-refractivity contribution < 1.29 is 23.7 Å². The molecule has 1 unspecified atom stereocenters. The fourth-order valence-electron chi connectivity index (χ4n) is 2.63. The summed E-state index contributed by atoms with van der Waals surface area (Å²) in [6.07, 6.45) is 0.622. The molecule has 3 rings (SSSR count). The van der Waals surface area contributed by atoms with Crippen LogP contribution in [0.2, 0.25) is 0 Å². The van der Waals surface area contributed by atoms with E-state index in [1.165, 1.54) is 7.11 Å². The molecule has 0 radical (unpaired) electrons. The Bertz CT molecular complexity index is 738. The van der Waals surface area contributed by atoms with Crippen LogP contribution in [-0.2, 0) is 4.79 Å². The summed E-state index contributed by atoms with van der Waals surface area (Å²) in [5.74, 6) is 2.04. The molecule has 1 aromatic carbocycles.